The highest BCUT2D eigenvalue weighted by Gasteiger charge is 2.31. The quantitative estimate of drug-likeness (QED) is 0.909. The lowest BCUT2D eigenvalue weighted by molar-refractivity contribution is 0.268. The van der Waals surface area contributed by atoms with Gasteiger partial charge in [-0.2, -0.15) is 4.31 Å². The molecule has 1 aliphatic carbocycles. The van der Waals surface area contributed by atoms with Crippen molar-refractivity contribution in [1.29, 1.82) is 0 Å². The zero-order chi connectivity index (χ0) is 14.9. The van der Waals surface area contributed by atoms with E-state index in [1.54, 1.807) is 10.4 Å². The number of benzene rings is 1. The van der Waals surface area contributed by atoms with E-state index in [4.69, 9.17) is 0 Å². The minimum absolute atomic E-state index is 0.108. The van der Waals surface area contributed by atoms with E-state index in [1.165, 1.54) is 12.8 Å². The Morgan fingerprint density at radius 2 is 2.05 bits per heavy atom. The van der Waals surface area contributed by atoms with E-state index in [9.17, 15) is 8.42 Å². The van der Waals surface area contributed by atoms with Crippen molar-refractivity contribution in [3.63, 3.8) is 0 Å². The number of rotatable bonds is 5. The molecule has 1 saturated carbocycles. The SMILES string of the molecule is CC1CCCCN1S(=O)(=O)c1cccc(CNC2CC2)c1. The van der Waals surface area contributed by atoms with E-state index >= 15 is 0 Å². The standard InChI is InChI=1S/C16H24N2O2S/c1-13-5-2-3-10-18(13)21(19,20)16-7-4-6-14(11-16)12-17-15-8-9-15/h4,6-7,11,13,15,17H,2-3,5,8-10,12H2,1H3. The van der Waals surface area contributed by atoms with Gasteiger partial charge in [0.2, 0.25) is 10.0 Å². The lowest BCUT2D eigenvalue weighted by atomic mass is 10.1. The molecule has 0 radical (unpaired) electrons. The third-order valence-electron chi connectivity index (χ3n) is 4.42. The summed E-state index contributed by atoms with van der Waals surface area (Å²) in [7, 11) is -3.35. The third-order valence-corrected chi connectivity index (χ3v) is 6.43. The van der Waals surface area contributed by atoms with Crippen LogP contribution < -0.4 is 5.32 Å². The topological polar surface area (TPSA) is 49.4 Å². The predicted octanol–water partition coefficient (Wildman–Crippen LogP) is 2.50. The number of nitrogens with one attached hydrogen (secondary N) is 1. The average molecular weight is 308 g/mol. The Kier molecular flexibility index (Phi) is 4.33. The van der Waals surface area contributed by atoms with Crippen LogP contribution in [0, 0.1) is 0 Å². The molecule has 21 heavy (non-hydrogen) atoms. The summed E-state index contributed by atoms with van der Waals surface area (Å²) in [6.45, 7) is 3.41. The maximum Gasteiger partial charge on any atom is 0.243 e. The van der Waals surface area contributed by atoms with E-state index in [0.717, 1.165) is 31.4 Å². The first kappa shape index (κ1) is 15.0. The molecular formula is C16H24N2O2S. The highest BCUT2D eigenvalue weighted by atomic mass is 32.2. The third kappa shape index (κ3) is 3.47. The number of sulfonamides is 1. The van der Waals surface area contributed by atoms with Gasteiger partial charge in [-0.3, -0.25) is 0 Å². The predicted molar refractivity (Wildman–Crippen MR) is 83.5 cm³/mol. The minimum Gasteiger partial charge on any atom is -0.310 e. The highest BCUT2D eigenvalue weighted by molar-refractivity contribution is 7.89. The van der Waals surface area contributed by atoms with Crippen molar-refractivity contribution in [2.24, 2.45) is 0 Å². The molecule has 1 aromatic carbocycles. The fourth-order valence-corrected chi connectivity index (χ4v) is 4.70. The molecule has 1 heterocycles. The number of nitrogens with zero attached hydrogens (tertiary/aromatic N) is 1. The van der Waals surface area contributed by atoms with Gasteiger partial charge in [0.25, 0.3) is 0 Å². The molecule has 0 bridgehead atoms. The van der Waals surface area contributed by atoms with Crippen molar-refractivity contribution in [2.75, 3.05) is 6.54 Å². The van der Waals surface area contributed by atoms with Crippen molar-refractivity contribution in [3.8, 4) is 0 Å². The number of hydrogen-bond donors (Lipinski definition) is 1. The van der Waals surface area contributed by atoms with Crippen LogP contribution in [0.1, 0.15) is 44.6 Å². The molecule has 0 aromatic heterocycles. The molecule has 116 valence electrons. The van der Waals surface area contributed by atoms with Crippen molar-refractivity contribution in [2.45, 2.75) is 62.6 Å². The van der Waals surface area contributed by atoms with Gasteiger partial charge < -0.3 is 5.32 Å². The Morgan fingerprint density at radius 3 is 2.76 bits per heavy atom. The van der Waals surface area contributed by atoms with Crippen LogP contribution in [-0.2, 0) is 16.6 Å². The van der Waals surface area contributed by atoms with Crippen LogP contribution in [-0.4, -0.2) is 31.4 Å². The largest absolute Gasteiger partial charge is 0.310 e. The summed E-state index contributed by atoms with van der Waals surface area (Å²) >= 11 is 0. The fourth-order valence-electron chi connectivity index (χ4n) is 2.93. The van der Waals surface area contributed by atoms with E-state index < -0.39 is 10.0 Å². The molecule has 1 aliphatic heterocycles. The van der Waals surface area contributed by atoms with Gasteiger partial charge in [0.1, 0.15) is 0 Å². The molecule has 1 unspecified atom stereocenters. The zero-order valence-electron chi connectivity index (χ0n) is 12.6. The molecular weight excluding hydrogens is 284 g/mol. The van der Waals surface area contributed by atoms with Crippen molar-refractivity contribution < 1.29 is 8.42 Å². The minimum atomic E-state index is -3.35. The van der Waals surface area contributed by atoms with Gasteiger partial charge in [-0.25, -0.2) is 8.42 Å². The van der Waals surface area contributed by atoms with Crippen molar-refractivity contribution in [1.82, 2.24) is 9.62 Å². The van der Waals surface area contributed by atoms with Gasteiger partial charge in [0, 0.05) is 25.2 Å². The molecule has 2 aliphatic rings. The number of piperidine rings is 1. The Labute approximate surface area is 127 Å². The summed E-state index contributed by atoms with van der Waals surface area (Å²) in [4.78, 5) is 0.436. The Morgan fingerprint density at radius 1 is 1.24 bits per heavy atom. The first-order valence-corrected chi connectivity index (χ1v) is 9.35. The lowest BCUT2D eigenvalue weighted by Crippen LogP contribution is -2.41. The molecule has 1 N–H and O–H groups in total. The molecule has 3 rings (SSSR count). The van der Waals surface area contributed by atoms with E-state index in [0.29, 0.717) is 17.5 Å². The van der Waals surface area contributed by atoms with E-state index in [2.05, 4.69) is 5.32 Å². The first-order chi connectivity index (χ1) is 10.1. The fraction of sp³-hybridized carbons (Fsp3) is 0.625. The van der Waals surface area contributed by atoms with Gasteiger partial charge in [0.05, 0.1) is 4.90 Å². The highest BCUT2D eigenvalue weighted by Crippen LogP contribution is 2.26. The molecule has 1 atom stereocenters. The van der Waals surface area contributed by atoms with Crippen LogP contribution in [0.25, 0.3) is 0 Å². The Balaban J connectivity index is 1.78. The summed E-state index contributed by atoms with van der Waals surface area (Å²) in [5, 5.41) is 3.43. The smallest absolute Gasteiger partial charge is 0.243 e. The number of hydrogen-bond acceptors (Lipinski definition) is 3. The second-order valence-corrected chi connectivity index (χ2v) is 8.15. The van der Waals surface area contributed by atoms with Gasteiger partial charge >= 0.3 is 0 Å². The van der Waals surface area contributed by atoms with Crippen LogP contribution in [0.15, 0.2) is 29.2 Å². The van der Waals surface area contributed by atoms with Crippen LogP contribution in [0.4, 0.5) is 0 Å². The van der Waals surface area contributed by atoms with E-state index in [1.807, 2.05) is 25.1 Å². The zero-order valence-corrected chi connectivity index (χ0v) is 13.4. The van der Waals surface area contributed by atoms with Crippen LogP contribution in [0.5, 0.6) is 0 Å². The van der Waals surface area contributed by atoms with Crippen LogP contribution in [0.3, 0.4) is 0 Å². The molecule has 0 amide bonds. The summed E-state index contributed by atoms with van der Waals surface area (Å²) in [6.07, 6.45) is 5.53. The van der Waals surface area contributed by atoms with Crippen LogP contribution >= 0.6 is 0 Å². The molecule has 1 aromatic rings. The monoisotopic (exact) mass is 308 g/mol. The molecule has 0 spiro atoms. The summed E-state index contributed by atoms with van der Waals surface area (Å²) in [6, 6.07) is 8.13. The summed E-state index contributed by atoms with van der Waals surface area (Å²) < 4.78 is 27.3. The lowest BCUT2D eigenvalue weighted by Gasteiger charge is -2.32. The molecule has 2 fully saturated rings. The summed E-state index contributed by atoms with van der Waals surface area (Å²) in [5.41, 5.74) is 1.05. The van der Waals surface area contributed by atoms with Crippen molar-refractivity contribution >= 4 is 10.0 Å². The van der Waals surface area contributed by atoms with Crippen molar-refractivity contribution in [3.05, 3.63) is 29.8 Å². The molecule has 1 saturated heterocycles. The average Bonchev–Trinajstić information content (AvgIpc) is 3.30. The van der Waals surface area contributed by atoms with Crippen LogP contribution in [0.2, 0.25) is 0 Å². The normalized spacial score (nSPS) is 24.1. The van der Waals surface area contributed by atoms with Gasteiger partial charge in [0.15, 0.2) is 0 Å². The molecule has 4 nitrogen and oxygen atoms in total. The van der Waals surface area contributed by atoms with Gasteiger partial charge in [-0.05, 0) is 50.3 Å². The first-order valence-electron chi connectivity index (χ1n) is 7.91. The second kappa shape index (κ2) is 6.07. The summed E-state index contributed by atoms with van der Waals surface area (Å²) in [5.74, 6) is 0. The molecule has 5 heteroatoms. The second-order valence-electron chi connectivity index (χ2n) is 6.26. The van der Waals surface area contributed by atoms with Gasteiger partial charge in [-0.15, -0.1) is 0 Å². The van der Waals surface area contributed by atoms with E-state index in [-0.39, 0.29) is 6.04 Å². The maximum absolute atomic E-state index is 12.8. The maximum atomic E-state index is 12.8. The van der Waals surface area contributed by atoms with Gasteiger partial charge in [-0.1, -0.05) is 18.6 Å². The Hall–Kier alpha value is -0.910. The Bertz CT molecular complexity index is 596.